The third-order valence-electron chi connectivity index (χ3n) is 2.31. The molecule has 0 aliphatic heterocycles. The van der Waals surface area contributed by atoms with Crippen molar-refractivity contribution < 1.29 is 14.3 Å². The molecule has 0 saturated heterocycles. The van der Waals surface area contributed by atoms with E-state index in [2.05, 4.69) is 5.32 Å². The van der Waals surface area contributed by atoms with Crippen molar-refractivity contribution >= 4 is 17.3 Å². The Kier molecular flexibility index (Phi) is 5.45. The Morgan fingerprint density at radius 3 is 2.72 bits per heavy atom. The number of benzene rings is 1. The molecule has 0 radical (unpaired) electrons. The lowest BCUT2D eigenvalue weighted by Crippen LogP contribution is -2.16. The topological polar surface area (TPSA) is 73.6 Å². The number of carbonyl (C=O) groups is 1. The van der Waals surface area contributed by atoms with E-state index >= 15 is 0 Å². The number of nitrogen functional groups attached to an aromatic ring is 1. The first kappa shape index (κ1) is 14.3. The molecule has 1 rings (SSSR count). The van der Waals surface area contributed by atoms with Crippen molar-refractivity contribution in [2.24, 2.45) is 0 Å². The van der Waals surface area contributed by atoms with Crippen LogP contribution in [0.2, 0.25) is 0 Å². The van der Waals surface area contributed by atoms with Crippen molar-refractivity contribution in [3.8, 4) is 5.75 Å². The number of methoxy groups -OCH3 is 1. The zero-order valence-corrected chi connectivity index (χ0v) is 11.0. The van der Waals surface area contributed by atoms with Crippen LogP contribution >= 0.6 is 0 Å². The van der Waals surface area contributed by atoms with Gasteiger partial charge in [0.1, 0.15) is 5.75 Å². The van der Waals surface area contributed by atoms with Crippen LogP contribution < -0.4 is 15.8 Å². The summed E-state index contributed by atoms with van der Waals surface area (Å²) in [5, 5.41) is 2.74. The van der Waals surface area contributed by atoms with Gasteiger partial charge in [-0.3, -0.25) is 4.79 Å². The van der Waals surface area contributed by atoms with Crippen molar-refractivity contribution in [2.45, 2.75) is 26.4 Å². The minimum Gasteiger partial charge on any atom is -0.497 e. The average Bonchev–Trinajstić information content (AvgIpc) is 2.31. The van der Waals surface area contributed by atoms with Crippen molar-refractivity contribution in [3.63, 3.8) is 0 Å². The van der Waals surface area contributed by atoms with Gasteiger partial charge in [-0.2, -0.15) is 0 Å². The Morgan fingerprint density at radius 2 is 2.17 bits per heavy atom. The van der Waals surface area contributed by atoms with Gasteiger partial charge in [0, 0.05) is 6.07 Å². The summed E-state index contributed by atoms with van der Waals surface area (Å²) < 4.78 is 10.3. The van der Waals surface area contributed by atoms with Crippen LogP contribution in [0.3, 0.4) is 0 Å². The van der Waals surface area contributed by atoms with Gasteiger partial charge in [0.2, 0.25) is 5.91 Å². The Hall–Kier alpha value is -1.75. The third-order valence-corrected chi connectivity index (χ3v) is 2.31. The Morgan fingerprint density at radius 1 is 1.44 bits per heavy atom. The van der Waals surface area contributed by atoms with Crippen LogP contribution in [0.4, 0.5) is 11.4 Å². The smallest absolute Gasteiger partial charge is 0.226 e. The first-order valence-corrected chi connectivity index (χ1v) is 5.88. The van der Waals surface area contributed by atoms with Crippen molar-refractivity contribution in [1.29, 1.82) is 0 Å². The zero-order chi connectivity index (χ0) is 13.5. The number of hydrogen-bond donors (Lipinski definition) is 2. The normalized spacial score (nSPS) is 10.4. The molecule has 100 valence electrons. The average molecular weight is 252 g/mol. The van der Waals surface area contributed by atoms with Gasteiger partial charge < -0.3 is 20.5 Å². The van der Waals surface area contributed by atoms with E-state index in [1.165, 1.54) is 0 Å². The summed E-state index contributed by atoms with van der Waals surface area (Å²) in [5.41, 5.74) is 6.86. The quantitative estimate of drug-likeness (QED) is 0.760. The fourth-order valence-corrected chi connectivity index (χ4v) is 1.38. The molecular weight excluding hydrogens is 232 g/mol. The highest BCUT2D eigenvalue weighted by atomic mass is 16.5. The van der Waals surface area contributed by atoms with E-state index in [1.807, 2.05) is 13.8 Å². The largest absolute Gasteiger partial charge is 0.497 e. The van der Waals surface area contributed by atoms with E-state index in [0.717, 1.165) is 0 Å². The van der Waals surface area contributed by atoms with Crippen LogP contribution in [0.15, 0.2) is 18.2 Å². The van der Waals surface area contributed by atoms with Gasteiger partial charge in [-0.1, -0.05) is 0 Å². The molecule has 0 aromatic heterocycles. The lowest BCUT2D eigenvalue weighted by atomic mass is 10.2. The monoisotopic (exact) mass is 252 g/mol. The first-order valence-electron chi connectivity index (χ1n) is 5.88. The highest BCUT2D eigenvalue weighted by Gasteiger charge is 2.06. The summed E-state index contributed by atoms with van der Waals surface area (Å²) in [6, 6.07) is 5.13. The van der Waals surface area contributed by atoms with Crippen molar-refractivity contribution in [2.75, 3.05) is 24.8 Å². The van der Waals surface area contributed by atoms with Crippen molar-refractivity contribution in [3.05, 3.63) is 18.2 Å². The molecule has 5 nitrogen and oxygen atoms in total. The minimum absolute atomic E-state index is 0.118. The van der Waals surface area contributed by atoms with Gasteiger partial charge in [0.05, 0.1) is 37.6 Å². The summed E-state index contributed by atoms with van der Waals surface area (Å²) in [7, 11) is 1.57. The Bertz CT molecular complexity index is 405. The first-order chi connectivity index (χ1) is 8.52. The van der Waals surface area contributed by atoms with E-state index in [1.54, 1.807) is 25.3 Å². The van der Waals surface area contributed by atoms with Gasteiger partial charge in [0.25, 0.3) is 0 Å². The number of rotatable bonds is 6. The second-order valence-corrected chi connectivity index (χ2v) is 4.17. The summed E-state index contributed by atoms with van der Waals surface area (Å²) in [4.78, 5) is 11.6. The van der Waals surface area contributed by atoms with Crippen molar-refractivity contribution in [1.82, 2.24) is 0 Å². The number of amides is 1. The molecule has 0 aliphatic rings. The van der Waals surface area contributed by atoms with Crippen LogP contribution in [0.1, 0.15) is 20.3 Å². The van der Waals surface area contributed by atoms with Gasteiger partial charge in [0.15, 0.2) is 0 Å². The molecule has 1 aromatic carbocycles. The molecule has 0 heterocycles. The molecule has 18 heavy (non-hydrogen) atoms. The zero-order valence-electron chi connectivity index (χ0n) is 11.0. The molecule has 1 amide bonds. The maximum absolute atomic E-state index is 11.6. The number of carbonyl (C=O) groups excluding carboxylic acids is 1. The molecule has 0 saturated carbocycles. The number of anilines is 2. The minimum atomic E-state index is -0.118. The van der Waals surface area contributed by atoms with E-state index in [9.17, 15) is 4.79 Å². The summed E-state index contributed by atoms with van der Waals surface area (Å²) >= 11 is 0. The second-order valence-electron chi connectivity index (χ2n) is 4.17. The number of nitrogens with two attached hydrogens (primary N) is 1. The van der Waals surface area contributed by atoms with Gasteiger partial charge in [-0.15, -0.1) is 0 Å². The highest BCUT2D eigenvalue weighted by molar-refractivity contribution is 5.94. The maximum atomic E-state index is 11.6. The van der Waals surface area contributed by atoms with E-state index in [-0.39, 0.29) is 12.0 Å². The molecule has 0 atom stereocenters. The maximum Gasteiger partial charge on any atom is 0.226 e. The molecule has 5 heteroatoms. The fraction of sp³-hybridized carbons (Fsp3) is 0.462. The SMILES string of the molecule is COc1ccc(NC(=O)CCOC(C)C)c(N)c1. The van der Waals surface area contributed by atoms with E-state index < -0.39 is 0 Å². The fourth-order valence-electron chi connectivity index (χ4n) is 1.38. The summed E-state index contributed by atoms with van der Waals surface area (Å²) in [6.07, 6.45) is 0.438. The predicted octanol–water partition coefficient (Wildman–Crippen LogP) is 2.03. The summed E-state index contributed by atoms with van der Waals surface area (Å²) in [6.45, 7) is 4.26. The van der Waals surface area contributed by atoms with Gasteiger partial charge in [-0.25, -0.2) is 0 Å². The molecule has 0 bridgehead atoms. The van der Waals surface area contributed by atoms with E-state index in [4.69, 9.17) is 15.2 Å². The number of ether oxygens (including phenoxy) is 2. The van der Waals surface area contributed by atoms with E-state index in [0.29, 0.717) is 30.2 Å². The highest BCUT2D eigenvalue weighted by Crippen LogP contribution is 2.24. The van der Waals surface area contributed by atoms with Crippen LogP contribution in [-0.2, 0) is 9.53 Å². The molecule has 3 N–H and O–H groups in total. The third kappa shape index (κ3) is 4.63. The van der Waals surface area contributed by atoms with Gasteiger partial charge in [-0.05, 0) is 26.0 Å². The Balaban J connectivity index is 2.49. The van der Waals surface area contributed by atoms with Crippen LogP contribution in [0.5, 0.6) is 5.75 Å². The molecule has 0 spiro atoms. The lowest BCUT2D eigenvalue weighted by Gasteiger charge is -2.10. The standard InChI is InChI=1S/C13H20N2O3/c1-9(2)18-7-6-13(16)15-12-5-4-10(17-3)8-11(12)14/h4-5,8-9H,6-7,14H2,1-3H3,(H,15,16). The number of nitrogens with one attached hydrogen (secondary N) is 1. The molecule has 1 aromatic rings. The molecule has 0 fully saturated rings. The number of hydrogen-bond acceptors (Lipinski definition) is 4. The predicted molar refractivity (Wildman–Crippen MR) is 71.7 cm³/mol. The molecule has 0 aliphatic carbocycles. The van der Waals surface area contributed by atoms with Crippen LogP contribution in [0, 0.1) is 0 Å². The lowest BCUT2D eigenvalue weighted by molar-refractivity contribution is -0.117. The molecular formula is C13H20N2O3. The van der Waals surface area contributed by atoms with Crippen LogP contribution in [0.25, 0.3) is 0 Å². The van der Waals surface area contributed by atoms with Gasteiger partial charge >= 0.3 is 0 Å². The second kappa shape index (κ2) is 6.86. The van der Waals surface area contributed by atoms with Crippen LogP contribution in [-0.4, -0.2) is 25.7 Å². The Labute approximate surface area is 107 Å². The molecule has 0 unspecified atom stereocenters. The summed E-state index contributed by atoms with van der Waals surface area (Å²) in [5.74, 6) is 0.543.